The number of anilines is 1. The topological polar surface area (TPSA) is 49.4 Å². The number of carbonyl (C=O) groups is 2. The van der Waals surface area contributed by atoms with Crippen LogP contribution in [0.4, 0.5) is 5.69 Å². The van der Waals surface area contributed by atoms with Gasteiger partial charge in [-0.2, -0.15) is 0 Å². The lowest BCUT2D eigenvalue weighted by Crippen LogP contribution is -2.37. The molecular formula is C16H22N2O2. The van der Waals surface area contributed by atoms with Gasteiger partial charge in [0.15, 0.2) is 0 Å². The number of aryl methyl sites for hydroxylation is 2. The Kier molecular flexibility index (Phi) is 4.77. The molecule has 1 saturated heterocycles. The molecule has 1 aromatic carbocycles. The molecule has 108 valence electrons. The molecule has 2 amide bonds. The second-order valence-electron chi connectivity index (χ2n) is 5.49. The predicted octanol–water partition coefficient (Wildman–Crippen LogP) is 2.64. The molecule has 0 atom stereocenters. The molecule has 1 N–H and O–H groups in total. The van der Waals surface area contributed by atoms with Crippen molar-refractivity contribution < 1.29 is 9.59 Å². The minimum Gasteiger partial charge on any atom is -0.333 e. The number of benzene rings is 1. The predicted molar refractivity (Wildman–Crippen MR) is 79.6 cm³/mol. The molecule has 4 heteroatoms. The first-order valence-corrected chi connectivity index (χ1v) is 7.21. The van der Waals surface area contributed by atoms with Crippen molar-refractivity contribution in [3.8, 4) is 0 Å². The number of likely N-dealkylation sites (tertiary alicyclic amines) is 1. The lowest BCUT2D eigenvalue weighted by atomic mass is 10.1. The van der Waals surface area contributed by atoms with Crippen LogP contribution in [-0.4, -0.2) is 29.8 Å². The van der Waals surface area contributed by atoms with Crippen molar-refractivity contribution in [3.63, 3.8) is 0 Å². The zero-order chi connectivity index (χ0) is 14.5. The number of hydrogen-bond donors (Lipinski definition) is 1. The standard InChI is InChI=1S/C16H22N2O2/c1-12-7-8-13(2)14(10-12)17-15(19)11-18-9-5-3-4-6-16(18)20/h7-8,10H,3-6,9,11H2,1-2H3,(H,17,19). The lowest BCUT2D eigenvalue weighted by Gasteiger charge is -2.20. The van der Waals surface area contributed by atoms with Crippen molar-refractivity contribution in [2.45, 2.75) is 39.5 Å². The summed E-state index contributed by atoms with van der Waals surface area (Å²) in [5.74, 6) is -0.0208. The first-order valence-electron chi connectivity index (χ1n) is 7.21. The zero-order valence-electron chi connectivity index (χ0n) is 12.2. The summed E-state index contributed by atoms with van der Waals surface area (Å²) in [5, 5.41) is 2.91. The highest BCUT2D eigenvalue weighted by molar-refractivity contribution is 5.95. The van der Waals surface area contributed by atoms with Crippen LogP contribution in [0.5, 0.6) is 0 Å². The summed E-state index contributed by atoms with van der Waals surface area (Å²) in [5.41, 5.74) is 2.97. The summed E-state index contributed by atoms with van der Waals surface area (Å²) in [6.07, 6.45) is 3.56. The van der Waals surface area contributed by atoms with Gasteiger partial charge in [-0.25, -0.2) is 0 Å². The average molecular weight is 274 g/mol. The summed E-state index contributed by atoms with van der Waals surface area (Å²) in [7, 11) is 0. The fraction of sp³-hybridized carbons (Fsp3) is 0.500. The Balaban J connectivity index is 1.97. The van der Waals surface area contributed by atoms with Crippen LogP contribution in [0.3, 0.4) is 0 Å². The van der Waals surface area contributed by atoms with Crippen LogP contribution in [0, 0.1) is 13.8 Å². The van der Waals surface area contributed by atoms with Gasteiger partial charge in [-0.1, -0.05) is 18.6 Å². The van der Waals surface area contributed by atoms with Crippen LogP contribution >= 0.6 is 0 Å². The fourth-order valence-electron chi connectivity index (χ4n) is 2.44. The Morgan fingerprint density at radius 2 is 2.05 bits per heavy atom. The minimum absolute atomic E-state index is 0.0959. The Hall–Kier alpha value is -1.84. The highest BCUT2D eigenvalue weighted by Gasteiger charge is 2.19. The van der Waals surface area contributed by atoms with Gasteiger partial charge in [-0.15, -0.1) is 0 Å². The van der Waals surface area contributed by atoms with Gasteiger partial charge in [0.25, 0.3) is 0 Å². The van der Waals surface area contributed by atoms with Crippen molar-refractivity contribution in [1.29, 1.82) is 0 Å². The molecule has 2 rings (SSSR count). The summed E-state index contributed by atoms with van der Waals surface area (Å²) >= 11 is 0. The van der Waals surface area contributed by atoms with E-state index in [0.717, 1.165) is 36.1 Å². The van der Waals surface area contributed by atoms with Gasteiger partial charge in [0.2, 0.25) is 11.8 Å². The smallest absolute Gasteiger partial charge is 0.244 e. The van der Waals surface area contributed by atoms with E-state index >= 15 is 0 Å². The van der Waals surface area contributed by atoms with E-state index < -0.39 is 0 Å². The maximum Gasteiger partial charge on any atom is 0.244 e. The maximum absolute atomic E-state index is 12.1. The van der Waals surface area contributed by atoms with Crippen LogP contribution in [0.15, 0.2) is 18.2 Å². The van der Waals surface area contributed by atoms with Crippen molar-refractivity contribution >= 4 is 17.5 Å². The molecule has 1 heterocycles. The highest BCUT2D eigenvalue weighted by Crippen LogP contribution is 2.17. The van der Waals surface area contributed by atoms with Gasteiger partial charge < -0.3 is 10.2 Å². The van der Waals surface area contributed by atoms with Crippen LogP contribution < -0.4 is 5.32 Å². The molecule has 4 nitrogen and oxygen atoms in total. The molecule has 1 aromatic rings. The Labute approximate surface area is 120 Å². The number of hydrogen-bond acceptors (Lipinski definition) is 2. The van der Waals surface area contributed by atoms with E-state index in [1.807, 2.05) is 32.0 Å². The van der Waals surface area contributed by atoms with E-state index in [1.54, 1.807) is 4.90 Å². The van der Waals surface area contributed by atoms with Crippen LogP contribution in [0.1, 0.15) is 36.8 Å². The number of nitrogens with zero attached hydrogens (tertiary/aromatic N) is 1. The number of nitrogens with one attached hydrogen (secondary N) is 1. The molecule has 0 aliphatic carbocycles. The Morgan fingerprint density at radius 3 is 2.85 bits per heavy atom. The molecule has 1 aliphatic heterocycles. The average Bonchev–Trinajstić information content (AvgIpc) is 2.59. The van der Waals surface area contributed by atoms with E-state index in [1.165, 1.54) is 0 Å². The largest absolute Gasteiger partial charge is 0.333 e. The first kappa shape index (κ1) is 14.6. The van der Waals surface area contributed by atoms with Crippen LogP contribution in [-0.2, 0) is 9.59 Å². The molecule has 20 heavy (non-hydrogen) atoms. The third-order valence-corrected chi connectivity index (χ3v) is 3.67. The molecule has 0 saturated carbocycles. The molecular weight excluding hydrogens is 252 g/mol. The van der Waals surface area contributed by atoms with Crippen LogP contribution in [0.25, 0.3) is 0 Å². The maximum atomic E-state index is 12.1. The number of rotatable bonds is 3. The number of amides is 2. The Bertz CT molecular complexity index is 511. The molecule has 1 aliphatic rings. The van der Waals surface area contributed by atoms with E-state index in [4.69, 9.17) is 0 Å². The second kappa shape index (κ2) is 6.55. The molecule has 1 fully saturated rings. The first-order chi connectivity index (χ1) is 9.56. The van der Waals surface area contributed by atoms with Gasteiger partial charge in [0.1, 0.15) is 0 Å². The number of carbonyl (C=O) groups excluding carboxylic acids is 2. The van der Waals surface area contributed by atoms with Gasteiger partial charge in [-0.05, 0) is 43.9 Å². The van der Waals surface area contributed by atoms with Gasteiger partial charge in [0.05, 0.1) is 6.54 Å². The van der Waals surface area contributed by atoms with E-state index in [-0.39, 0.29) is 18.4 Å². The summed E-state index contributed by atoms with van der Waals surface area (Å²) in [6, 6.07) is 5.96. The Morgan fingerprint density at radius 1 is 1.25 bits per heavy atom. The van der Waals surface area contributed by atoms with Crippen molar-refractivity contribution in [2.24, 2.45) is 0 Å². The molecule has 0 aromatic heterocycles. The highest BCUT2D eigenvalue weighted by atomic mass is 16.2. The van der Waals surface area contributed by atoms with E-state index in [2.05, 4.69) is 5.32 Å². The van der Waals surface area contributed by atoms with Gasteiger partial charge in [0, 0.05) is 18.7 Å². The quantitative estimate of drug-likeness (QED) is 0.921. The zero-order valence-corrected chi connectivity index (χ0v) is 12.2. The molecule has 0 spiro atoms. The molecule has 0 unspecified atom stereocenters. The normalized spacial score (nSPS) is 15.9. The SMILES string of the molecule is Cc1ccc(C)c(NC(=O)CN2CCCCCC2=O)c1. The van der Waals surface area contributed by atoms with Gasteiger partial charge in [-0.3, -0.25) is 9.59 Å². The lowest BCUT2D eigenvalue weighted by molar-refractivity contribution is -0.134. The van der Waals surface area contributed by atoms with Crippen LogP contribution in [0.2, 0.25) is 0 Å². The third-order valence-electron chi connectivity index (χ3n) is 3.67. The van der Waals surface area contributed by atoms with Gasteiger partial charge >= 0.3 is 0 Å². The van der Waals surface area contributed by atoms with Crippen molar-refractivity contribution in [3.05, 3.63) is 29.3 Å². The summed E-state index contributed by atoms with van der Waals surface area (Å²) in [6.45, 7) is 4.81. The second-order valence-corrected chi connectivity index (χ2v) is 5.49. The van der Waals surface area contributed by atoms with Crippen molar-refractivity contribution in [2.75, 3.05) is 18.4 Å². The monoisotopic (exact) mass is 274 g/mol. The minimum atomic E-state index is -0.117. The summed E-state index contributed by atoms with van der Waals surface area (Å²) < 4.78 is 0. The van der Waals surface area contributed by atoms with E-state index in [0.29, 0.717) is 13.0 Å². The van der Waals surface area contributed by atoms with E-state index in [9.17, 15) is 9.59 Å². The third kappa shape index (κ3) is 3.83. The molecule has 0 radical (unpaired) electrons. The molecule has 0 bridgehead atoms. The van der Waals surface area contributed by atoms with Crippen molar-refractivity contribution in [1.82, 2.24) is 4.90 Å². The summed E-state index contributed by atoms with van der Waals surface area (Å²) in [4.78, 5) is 25.6. The fourth-order valence-corrected chi connectivity index (χ4v) is 2.44.